The lowest BCUT2D eigenvalue weighted by Crippen LogP contribution is -2.12. The molecule has 0 spiro atoms. The van der Waals surface area contributed by atoms with Crippen LogP contribution in [0.3, 0.4) is 0 Å². The van der Waals surface area contributed by atoms with Crippen molar-refractivity contribution in [2.75, 3.05) is 5.73 Å². The molecule has 2 aromatic carbocycles. The molecule has 0 heterocycles. The lowest BCUT2D eigenvalue weighted by Gasteiger charge is -2.14. The number of hydrogen-bond donors (Lipinski definition) is 1. The van der Waals surface area contributed by atoms with Gasteiger partial charge in [-0.2, -0.15) is 0 Å². The van der Waals surface area contributed by atoms with E-state index < -0.39 is 15.1 Å². The molecule has 0 fully saturated rings. The van der Waals surface area contributed by atoms with E-state index in [2.05, 4.69) is 0 Å². The average molecular weight is 261 g/mol. The molecule has 2 aromatic rings. The minimum atomic E-state index is -3.45. The predicted molar refractivity (Wildman–Crippen MR) is 72.9 cm³/mol. The molecule has 4 heteroatoms. The smallest absolute Gasteiger partial charge is 0.187 e. The van der Waals surface area contributed by atoms with Crippen LogP contribution in [0.4, 0.5) is 5.69 Å². The summed E-state index contributed by atoms with van der Waals surface area (Å²) in [5.74, 6) is 0. The fraction of sp³-hybridized carbons (Fsp3) is 0.143. The van der Waals surface area contributed by atoms with Gasteiger partial charge in [0, 0.05) is 0 Å². The van der Waals surface area contributed by atoms with Crippen molar-refractivity contribution in [2.45, 2.75) is 17.1 Å². The summed E-state index contributed by atoms with van der Waals surface area (Å²) in [7, 11) is -3.45. The van der Waals surface area contributed by atoms with Crippen LogP contribution in [-0.2, 0) is 9.84 Å². The Labute approximate surface area is 107 Å². The molecule has 0 amide bonds. The highest BCUT2D eigenvalue weighted by Crippen LogP contribution is 2.31. The van der Waals surface area contributed by atoms with Gasteiger partial charge in [0.25, 0.3) is 0 Å². The van der Waals surface area contributed by atoms with E-state index in [1.165, 1.54) is 0 Å². The number of benzene rings is 2. The van der Waals surface area contributed by atoms with Crippen LogP contribution < -0.4 is 5.73 Å². The minimum absolute atomic E-state index is 0.196. The maximum Gasteiger partial charge on any atom is 0.187 e. The summed E-state index contributed by atoms with van der Waals surface area (Å²) >= 11 is 0. The highest BCUT2D eigenvalue weighted by molar-refractivity contribution is 7.91. The first kappa shape index (κ1) is 12.6. The molecule has 2 rings (SSSR count). The van der Waals surface area contributed by atoms with Gasteiger partial charge in [-0.05, 0) is 24.6 Å². The van der Waals surface area contributed by atoms with Gasteiger partial charge in [-0.25, -0.2) is 8.42 Å². The monoisotopic (exact) mass is 261 g/mol. The van der Waals surface area contributed by atoms with Crippen molar-refractivity contribution in [3.05, 3.63) is 60.2 Å². The van der Waals surface area contributed by atoms with Crippen LogP contribution in [-0.4, -0.2) is 8.42 Å². The van der Waals surface area contributed by atoms with Crippen LogP contribution in [0.15, 0.2) is 59.5 Å². The maximum absolute atomic E-state index is 12.5. The molecule has 0 bridgehead atoms. The summed E-state index contributed by atoms with van der Waals surface area (Å²) in [5.41, 5.74) is 6.80. The third-order valence-electron chi connectivity index (χ3n) is 2.96. The summed E-state index contributed by atoms with van der Waals surface area (Å²) in [4.78, 5) is 0.196. The molecule has 0 aromatic heterocycles. The Morgan fingerprint density at radius 1 is 0.944 bits per heavy atom. The largest absolute Gasteiger partial charge is 0.398 e. The van der Waals surface area contributed by atoms with Crippen LogP contribution in [0.25, 0.3) is 0 Å². The quantitative estimate of drug-likeness (QED) is 0.864. The van der Waals surface area contributed by atoms with Crippen LogP contribution in [0.1, 0.15) is 17.7 Å². The van der Waals surface area contributed by atoms with E-state index in [1.807, 2.05) is 18.2 Å². The number of nitrogens with two attached hydrogens (primary N) is 1. The van der Waals surface area contributed by atoms with Crippen LogP contribution in [0.2, 0.25) is 0 Å². The van der Waals surface area contributed by atoms with Gasteiger partial charge in [0.15, 0.2) is 9.84 Å². The first-order chi connectivity index (χ1) is 8.53. The topological polar surface area (TPSA) is 60.2 Å². The Morgan fingerprint density at radius 2 is 1.50 bits per heavy atom. The second kappa shape index (κ2) is 4.82. The van der Waals surface area contributed by atoms with E-state index in [9.17, 15) is 8.42 Å². The second-order valence-corrected chi connectivity index (χ2v) is 6.37. The van der Waals surface area contributed by atoms with Gasteiger partial charge in [-0.15, -0.1) is 0 Å². The lowest BCUT2D eigenvalue weighted by atomic mass is 10.2. The molecule has 0 saturated heterocycles. The SMILES string of the molecule is CC(c1ccccc1)S(=O)(=O)c1ccccc1N. The van der Waals surface area contributed by atoms with E-state index >= 15 is 0 Å². The predicted octanol–water partition coefficient (Wildman–Crippen LogP) is 2.80. The number of hydrogen-bond acceptors (Lipinski definition) is 3. The number of para-hydroxylation sites is 1. The molecule has 0 saturated carbocycles. The molecule has 3 nitrogen and oxygen atoms in total. The van der Waals surface area contributed by atoms with Crippen molar-refractivity contribution < 1.29 is 8.42 Å². The first-order valence-electron chi connectivity index (χ1n) is 5.67. The van der Waals surface area contributed by atoms with Gasteiger partial charge in [-0.3, -0.25) is 0 Å². The lowest BCUT2D eigenvalue weighted by molar-refractivity contribution is 0.586. The number of sulfone groups is 1. The average Bonchev–Trinajstić information content (AvgIpc) is 2.39. The zero-order valence-corrected chi connectivity index (χ0v) is 10.9. The molecule has 94 valence electrons. The van der Waals surface area contributed by atoms with Crippen LogP contribution >= 0.6 is 0 Å². The Kier molecular flexibility index (Phi) is 3.39. The zero-order valence-electron chi connectivity index (χ0n) is 10.1. The number of nitrogen functional groups attached to an aromatic ring is 1. The molecular weight excluding hydrogens is 246 g/mol. The zero-order chi connectivity index (χ0) is 13.2. The van der Waals surface area contributed by atoms with Crippen LogP contribution in [0, 0.1) is 0 Å². The molecule has 1 unspecified atom stereocenters. The molecule has 0 aliphatic heterocycles. The molecule has 2 N–H and O–H groups in total. The highest BCUT2D eigenvalue weighted by Gasteiger charge is 2.26. The maximum atomic E-state index is 12.5. The first-order valence-corrected chi connectivity index (χ1v) is 7.21. The van der Waals surface area contributed by atoms with Crippen molar-refractivity contribution in [2.24, 2.45) is 0 Å². The molecule has 0 aliphatic carbocycles. The Morgan fingerprint density at radius 3 is 2.11 bits per heavy atom. The van der Waals surface area contributed by atoms with E-state index in [1.54, 1.807) is 43.3 Å². The summed E-state index contributed by atoms with van der Waals surface area (Å²) in [6, 6.07) is 15.7. The summed E-state index contributed by atoms with van der Waals surface area (Å²) in [5, 5.41) is -0.608. The van der Waals surface area contributed by atoms with Gasteiger partial charge in [0.2, 0.25) is 0 Å². The van der Waals surface area contributed by atoms with Gasteiger partial charge in [-0.1, -0.05) is 42.5 Å². The molecule has 0 radical (unpaired) electrons. The Hall–Kier alpha value is -1.81. The van der Waals surface area contributed by atoms with Crippen molar-refractivity contribution in [1.82, 2.24) is 0 Å². The van der Waals surface area contributed by atoms with Crippen molar-refractivity contribution in [1.29, 1.82) is 0 Å². The van der Waals surface area contributed by atoms with Crippen molar-refractivity contribution in [3.63, 3.8) is 0 Å². The summed E-state index contributed by atoms with van der Waals surface area (Å²) < 4.78 is 24.9. The highest BCUT2D eigenvalue weighted by atomic mass is 32.2. The molecule has 0 aliphatic rings. The van der Waals surface area contributed by atoms with Gasteiger partial charge in [0.05, 0.1) is 15.8 Å². The molecule has 1 atom stereocenters. The van der Waals surface area contributed by atoms with Gasteiger partial charge < -0.3 is 5.73 Å². The minimum Gasteiger partial charge on any atom is -0.398 e. The van der Waals surface area contributed by atoms with E-state index in [0.717, 1.165) is 5.56 Å². The Balaban J connectivity index is 2.48. The van der Waals surface area contributed by atoms with E-state index in [0.29, 0.717) is 5.69 Å². The third-order valence-corrected chi connectivity index (χ3v) is 5.15. The number of anilines is 1. The fourth-order valence-electron chi connectivity index (χ4n) is 1.83. The van der Waals surface area contributed by atoms with Crippen LogP contribution in [0.5, 0.6) is 0 Å². The fourth-order valence-corrected chi connectivity index (χ4v) is 3.39. The second-order valence-electron chi connectivity index (χ2n) is 4.14. The molecular formula is C14H15NO2S. The van der Waals surface area contributed by atoms with E-state index in [4.69, 9.17) is 5.73 Å². The summed E-state index contributed by atoms with van der Waals surface area (Å²) in [6.07, 6.45) is 0. The standard InChI is InChI=1S/C14H15NO2S/c1-11(12-7-3-2-4-8-12)18(16,17)14-10-6-5-9-13(14)15/h2-11H,15H2,1H3. The van der Waals surface area contributed by atoms with E-state index in [-0.39, 0.29) is 4.90 Å². The normalized spacial score (nSPS) is 13.2. The van der Waals surface area contributed by atoms with Crippen molar-refractivity contribution >= 4 is 15.5 Å². The number of rotatable bonds is 3. The summed E-state index contributed by atoms with van der Waals surface area (Å²) in [6.45, 7) is 1.68. The Bertz CT molecular complexity index is 636. The third kappa shape index (κ3) is 2.24. The van der Waals surface area contributed by atoms with Gasteiger partial charge in [0.1, 0.15) is 0 Å². The molecule has 18 heavy (non-hydrogen) atoms. The van der Waals surface area contributed by atoms with Gasteiger partial charge >= 0.3 is 0 Å². The van der Waals surface area contributed by atoms with Crippen molar-refractivity contribution in [3.8, 4) is 0 Å².